The van der Waals surface area contributed by atoms with Gasteiger partial charge in [0.2, 0.25) is 9.84 Å². The number of rotatable bonds is 4. The molecule has 2 aromatic rings. The number of aromatic nitrogens is 3. The Morgan fingerprint density at radius 2 is 1.89 bits per heavy atom. The summed E-state index contributed by atoms with van der Waals surface area (Å²) in [5.41, 5.74) is 0.966. The Morgan fingerprint density at radius 1 is 1.18 bits per heavy atom. The molecule has 0 atom stereocenters. The van der Waals surface area contributed by atoms with Crippen molar-refractivity contribution in [2.75, 3.05) is 18.4 Å². The van der Waals surface area contributed by atoms with Crippen molar-refractivity contribution in [3.8, 4) is 0 Å². The van der Waals surface area contributed by atoms with Crippen molar-refractivity contribution in [3.63, 3.8) is 0 Å². The zero-order chi connectivity index (χ0) is 20.4. The molecule has 28 heavy (non-hydrogen) atoms. The molecule has 150 valence electrons. The largest absolute Gasteiger partial charge is 0.352 e. The van der Waals surface area contributed by atoms with Crippen molar-refractivity contribution < 1.29 is 22.0 Å². The van der Waals surface area contributed by atoms with Gasteiger partial charge in [-0.2, -0.15) is 19.0 Å². The van der Waals surface area contributed by atoms with Crippen LogP contribution in [0.2, 0.25) is 0 Å². The van der Waals surface area contributed by atoms with Crippen LogP contribution in [0.1, 0.15) is 18.5 Å². The van der Waals surface area contributed by atoms with Crippen LogP contribution < -0.4 is 5.32 Å². The maximum Gasteiger partial charge on any atom is 0.352 e. The average Bonchev–Trinajstić information content (AvgIpc) is 2.69. The van der Waals surface area contributed by atoms with Crippen molar-refractivity contribution >= 4 is 21.6 Å². The van der Waals surface area contributed by atoms with Gasteiger partial charge in [-0.1, -0.05) is 0 Å². The first kappa shape index (κ1) is 20.1. The maximum atomic E-state index is 14.8. The second kappa shape index (κ2) is 7.74. The first-order valence-corrected chi connectivity index (χ1v) is 10.1. The van der Waals surface area contributed by atoms with E-state index in [0.717, 1.165) is 12.3 Å². The molecule has 0 aromatic carbocycles. The lowest BCUT2D eigenvalue weighted by atomic mass is 9.97. The number of carbonyl (C=O) groups excluding carboxylic acids is 1. The molecule has 0 bridgehead atoms. The van der Waals surface area contributed by atoms with Crippen LogP contribution in [0, 0.1) is 12.8 Å². The van der Waals surface area contributed by atoms with E-state index in [1.165, 1.54) is 23.4 Å². The fraction of sp³-hybridized carbons (Fsp3) is 0.412. The molecular weight excluding hydrogens is 392 g/mol. The van der Waals surface area contributed by atoms with E-state index >= 15 is 0 Å². The summed E-state index contributed by atoms with van der Waals surface area (Å²) in [6.45, 7) is 1.68. The normalized spacial score (nSPS) is 16.0. The smallest absolute Gasteiger partial charge is 0.325 e. The summed E-state index contributed by atoms with van der Waals surface area (Å²) >= 11 is 0. The first-order chi connectivity index (χ1) is 13.2. The number of nitrogens with zero attached hydrogens (tertiary/aromatic N) is 4. The van der Waals surface area contributed by atoms with Gasteiger partial charge in [-0.3, -0.25) is 4.98 Å². The molecule has 1 fully saturated rings. The third-order valence-electron chi connectivity index (χ3n) is 4.65. The second-order valence-electron chi connectivity index (χ2n) is 6.52. The van der Waals surface area contributed by atoms with Gasteiger partial charge >= 0.3 is 11.3 Å². The Hall–Kier alpha value is -2.69. The van der Waals surface area contributed by atoms with E-state index < -0.39 is 31.9 Å². The molecule has 1 N–H and O–H groups in total. The van der Waals surface area contributed by atoms with Crippen LogP contribution in [0.3, 0.4) is 0 Å². The lowest BCUT2D eigenvalue weighted by molar-refractivity contribution is 0.000407. The predicted octanol–water partition coefficient (Wildman–Crippen LogP) is 2.49. The zero-order valence-corrected chi connectivity index (χ0v) is 15.9. The minimum atomic E-state index is -4.87. The molecular formula is C17H19F2N5O3S. The number of urea groups is 1. The number of aryl methyl sites for hydroxylation is 1. The number of piperidine rings is 1. The lowest BCUT2D eigenvalue weighted by Crippen LogP contribution is -2.47. The molecule has 11 heteroatoms. The van der Waals surface area contributed by atoms with E-state index in [4.69, 9.17) is 0 Å². The van der Waals surface area contributed by atoms with E-state index in [2.05, 4.69) is 20.5 Å². The van der Waals surface area contributed by atoms with Gasteiger partial charge in [0.15, 0.2) is 0 Å². The van der Waals surface area contributed by atoms with E-state index in [1.54, 1.807) is 13.0 Å². The van der Waals surface area contributed by atoms with Gasteiger partial charge in [0, 0.05) is 30.9 Å². The molecule has 3 rings (SSSR count). The van der Waals surface area contributed by atoms with E-state index in [9.17, 15) is 22.0 Å². The predicted molar refractivity (Wildman–Crippen MR) is 96.5 cm³/mol. The minimum absolute atomic E-state index is 0.0201. The third kappa shape index (κ3) is 3.93. The van der Waals surface area contributed by atoms with Gasteiger partial charge in [-0.15, -0.1) is 0 Å². The average molecular weight is 411 g/mol. The summed E-state index contributed by atoms with van der Waals surface area (Å²) in [6, 6.07) is 3.61. The highest BCUT2D eigenvalue weighted by Gasteiger charge is 2.53. The van der Waals surface area contributed by atoms with Crippen molar-refractivity contribution in [2.24, 2.45) is 5.92 Å². The molecule has 0 saturated carbocycles. The number of anilines is 1. The summed E-state index contributed by atoms with van der Waals surface area (Å²) in [6.07, 6.45) is 3.46. The molecule has 1 aliphatic heterocycles. The first-order valence-electron chi connectivity index (χ1n) is 8.59. The molecule has 0 spiro atoms. The topological polar surface area (TPSA) is 105 Å². The molecule has 2 amide bonds. The van der Waals surface area contributed by atoms with Crippen LogP contribution in [-0.2, 0) is 9.84 Å². The molecule has 0 aliphatic carbocycles. The summed E-state index contributed by atoms with van der Waals surface area (Å²) < 4.78 is 54.4. The van der Waals surface area contributed by atoms with Gasteiger partial charge in [0.1, 0.15) is 0 Å². The van der Waals surface area contributed by atoms with E-state index in [-0.39, 0.29) is 25.9 Å². The number of hydrogen-bond donors (Lipinski definition) is 1. The highest BCUT2D eigenvalue weighted by Crippen LogP contribution is 2.40. The number of halogens is 2. The Labute approximate surface area is 160 Å². The molecule has 0 unspecified atom stereocenters. The number of carbonyl (C=O) groups is 1. The summed E-state index contributed by atoms with van der Waals surface area (Å²) in [7, 11) is -4.87. The Kier molecular flexibility index (Phi) is 5.54. The number of likely N-dealkylation sites (tertiary alicyclic amines) is 1. The number of amides is 2. The fourth-order valence-electron chi connectivity index (χ4n) is 2.98. The van der Waals surface area contributed by atoms with Crippen molar-refractivity contribution in [1.29, 1.82) is 0 Å². The SMILES string of the molecule is Cc1ccc(S(=O)(=O)C(F)(F)C2CCN(C(=O)Nc3ccnnc3)CC2)cn1. The minimum Gasteiger partial charge on any atom is -0.325 e. The Balaban J connectivity index is 1.66. The highest BCUT2D eigenvalue weighted by molar-refractivity contribution is 7.92. The standard InChI is InChI=1S/C17H19F2N5O3S/c1-12-2-3-15(11-20-12)28(26,27)17(18,19)13-5-8-24(9-6-13)16(25)23-14-4-7-21-22-10-14/h2-4,7,10-11,13H,5-6,8-9H2,1H3,(H,21,23,25). The van der Waals surface area contributed by atoms with Gasteiger partial charge < -0.3 is 10.2 Å². The maximum absolute atomic E-state index is 14.8. The Morgan fingerprint density at radius 3 is 2.46 bits per heavy atom. The van der Waals surface area contributed by atoms with Crippen LogP contribution in [-0.4, -0.2) is 52.9 Å². The summed E-state index contributed by atoms with van der Waals surface area (Å²) in [5, 5.41) is 5.88. The number of sulfone groups is 1. The zero-order valence-electron chi connectivity index (χ0n) is 15.0. The third-order valence-corrected chi connectivity index (χ3v) is 6.56. The Bertz CT molecular complexity index is 931. The molecule has 8 nitrogen and oxygen atoms in total. The van der Waals surface area contributed by atoms with Gasteiger partial charge in [-0.05, 0) is 38.0 Å². The highest BCUT2D eigenvalue weighted by atomic mass is 32.2. The van der Waals surface area contributed by atoms with E-state index in [0.29, 0.717) is 11.4 Å². The van der Waals surface area contributed by atoms with Gasteiger partial charge in [0.05, 0.1) is 23.0 Å². The number of pyridine rings is 1. The van der Waals surface area contributed by atoms with Crippen LogP contribution >= 0.6 is 0 Å². The molecule has 0 radical (unpaired) electrons. The second-order valence-corrected chi connectivity index (χ2v) is 8.55. The van der Waals surface area contributed by atoms with Crippen LogP contribution in [0.15, 0.2) is 41.7 Å². The van der Waals surface area contributed by atoms with Gasteiger partial charge in [-0.25, -0.2) is 13.2 Å². The number of hydrogen-bond acceptors (Lipinski definition) is 6. The van der Waals surface area contributed by atoms with Crippen LogP contribution in [0.25, 0.3) is 0 Å². The molecule has 3 heterocycles. The fourth-order valence-corrected chi connectivity index (χ4v) is 4.40. The van der Waals surface area contributed by atoms with Crippen LogP contribution in [0.5, 0.6) is 0 Å². The number of alkyl halides is 2. The molecule has 1 saturated heterocycles. The lowest BCUT2D eigenvalue weighted by Gasteiger charge is -2.35. The molecule has 2 aromatic heterocycles. The monoisotopic (exact) mass is 411 g/mol. The van der Waals surface area contributed by atoms with Crippen molar-refractivity contribution in [3.05, 3.63) is 42.5 Å². The van der Waals surface area contributed by atoms with Crippen LogP contribution in [0.4, 0.5) is 19.3 Å². The summed E-state index contributed by atoms with van der Waals surface area (Å²) in [5.74, 6) is -1.38. The molecule has 1 aliphatic rings. The van der Waals surface area contributed by atoms with Gasteiger partial charge in [0.25, 0.3) is 0 Å². The summed E-state index contributed by atoms with van der Waals surface area (Å²) in [4.78, 5) is 16.9. The van der Waals surface area contributed by atoms with E-state index in [1.807, 2.05) is 0 Å². The van der Waals surface area contributed by atoms with Crippen molar-refractivity contribution in [1.82, 2.24) is 20.1 Å². The quantitative estimate of drug-likeness (QED) is 0.829. The number of nitrogens with one attached hydrogen (secondary N) is 1. The van der Waals surface area contributed by atoms with Crippen molar-refractivity contribution in [2.45, 2.75) is 29.9 Å².